The summed E-state index contributed by atoms with van der Waals surface area (Å²) >= 11 is 0. The van der Waals surface area contributed by atoms with Crippen molar-refractivity contribution in [2.45, 2.75) is 0 Å². The lowest BCUT2D eigenvalue weighted by Crippen LogP contribution is -2.03. The van der Waals surface area contributed by atoms with Crippen molar-refractivity contribution < 1.29 is 18.3 Å². The molecule has 0 unspecified atom stereocenters. The molecule has 0 saturated carbocycles. The number of hydrogen-bond acceptors (Lipinski definition) is 5. The molecule has 0 aliphatic heterocycles. The summed E-state index contributed by atoms with van der Waals surface area (Å²) in [5, 5.41) is 1.42. The molecule has 0 N–H and O–H groups in total. The molecule has 2 heterocycles. The van der Waals surface area contributed by atoms with E-state index in [4.69, 9.17) is 18.3 Å². The van der Waals surface area contributed by atoms with Crippen LogP contribution in [-0.2, 0) is 0 Å². The first-order valence-electron chi connectivity index (χ1n) is 5.30. The zero-order chi connectivity index (χ0) is 12.7. The van der Waals surface area contributed by atoms with Crippen LogP contribution in [-0.4, -0.2) is 14.2 Å². The Balaban J connectivity index is 2.51. The van der Waals surface area contributed by atoms with E-state index in [1.165, 1.54) is 13.4 Å². The fourth-order valence-electron chi connectivity index (χ4n) is 1.96. The molecule has 2 aromatic heterocycles. The molecule has 0 fully saturated rings. The van der Waals surface area contributed by atoms with E-state index in [0.717, 1.165) is 5.39 Å². The molecule has 0 amide bonds. The van der Waals surface area contributed by atoms with Gasteiger partial charge in [-0.1, -0.05) is 0 Å². The summed E-state index contributed by atoms with van der Waals surface area (Å²) in [6.07, 6.45) is 1.52. The summed E-state index contributed by atoms with van der Waals surface area (Å²) in [5.74, 6) is 0.741. The number of methoxy groups -OCH3 is 2. The summed E-state index contributed by atoms with van der Waals surface area (Å²) in [5.41, 5.74) is 0.501. The van der Waals surface area contributed by atoms with Crippen LogP contribution in [0.1, 0.15) is 0 Å². The summed E-state index contributed by atoms with van der Waals surface area (Å²) in [7, 11) is 2.98. The molecule has 18 heavy (non-hydrogen) atoms. The second kappa shape index (κ2) is 3.80. The maximum absolute atomic E-state index is 11.6. The van der Waals surface area contributed by atoms with E-state index >= 15 is 0 Å². The van der Waals surface area contributed by atoms with Crippen LogP contribution in [0.3, 0.4) is 0 Å². The Bertz CT molecular complexity index is 781. The topological polar surface area (TPSA) is 61.8 Å². The molecule has 5 heteroatoms. The molecule has 1 aromatic carbocycles. The second-order valence-corrected chi connectivity index (χ2v) is 3.76. The first-order valence-corrected chi connectivity index (χ1v) is 5.30. The van der Waals surface area contributed by atoms with Gasteiger partial charge in [0.05, 0.1) is 25.9 Å². The first kappa shape index (κ1) is 10.7. The molecule has 0 aliphatic rings. The van der Waals surface area contributed by atoms with Crippen molar-refractivity contribution in [3.63, 3.8) is 0 Å². The van der Waals surface area contributed by atoms with Crippen molar-refractivity contribution in [1.29, 1.82) is 0 Å². The second-order valence-electron chi connectivity index (χ2n) is 3.76. The zero-order valence-corrected chi connectivity index (χ0v) is 9.85. The van der Waals surface area contributed by atoms with Gasteiger partial charge in [0, 0.05) is 5.39 Å². The van der Waals surface area contributed by atoms with Gasteiger partial charge in [0.2, 0.25) is 5.75 Å². The Morgan fingerprint density at radius 2 is 1.78 bits per heavy atom. The Morgan fingerprint density at radius 1 is 1.06 bits per heavy atom. The Kier molecular flexibility index (Phi) is 2.26. The van der Waals surface area contributed by atoms with Crippen LogP contribution in [0.15, 0.2) is 38.1 Å². The van der Waals surface area contributed by atoms with E-state index in [0.29, 0.717) is 22.3 Å². The molecule has 0 atom stereocenters. The number of furan rings is 1. The standard InChI is InChI=1S/C13H10O5/c1-15-9-5-7-6-10(16-2)13(14)18-11(7)8-3-4-17-12(8)9/h3-6H,1-2H3. The van der Waals surface area contributed by atoms with Crippen LogP contribution in [0.5, 0.6) is 11.5 Å². The molecule has 0 aliphatic carbocycles. The minimum Gasteiger partial charge on any atom is -0.493 e. The number of fused-ring (bicyclic) bond motifs is 3. The van der Waals surface area contributed by atoms with E-state index in [9.17, 15) is 4.79 Å². The molecular formula is C13H10O5. The van der Waals surface area contributed by atoms with Crippen LogP contribution in [0, 0.1) is 0 Å². The van der Waals surface area contributed by atoms with Crippen LogP contribution in [0.4, 0.5) is 0 Å². The van der Waals surface area contributed by atoms with Gasteiger partial charge in [-0.25, -0.2) is 4.79 Å². The highest BCUT2D eigenvalue weighted by molar-refractivity contribution is 6.05. The van der Waals surface area contributed by atoms with Gasteiger partial charge >= 0.3 is 5.63 Å². The van der Waals surface area contributed by atoms with Gasteiger partial charge in [-0.3, -0.25) is 0 Å². The lowest BCUT2D eigenvalue weighted by molar-refractivity contribution is 0.385. The largest absolute Gasteiger partial charge is 0.493 e. The van der Waals surface area contributed by atoms with Crippen molar-refractivity contribution in [2.75, 3.05) is 14.2 Å². The summed E-state index contributed by atoms with van der Waals surface area (Å²) < 4.78 is 20.8. The average Bonchev–Trinajstić information content (AvgIpc) is 2.87. The summed E-state index contributed by atoms with van der Waals surface area (Å²) in [6.45, 7) is 0. The predicted molar refractivity (Wildman–Crippen MR) is 65.4 cm³/mol. The molecule has 3 aromatic rings. The highest BCUT2D eigenvalue weighted by Gasteiger charge is 2.14. The van der Waals surface area contributed by atoms with Crippen LogP contribution < -0.4 is 15.1 Å². The monoisotopic (exact) mass is 246 g/mol. The molecule has 0 spiro atoms. The van der Waals surface area contributed by atoms with E-state index in [1.54, 1.807) is 25.3 Å². The maximum Gasteiger partial charge on any atom is 0.379 e. The van der Waals surface area contributed by atoms with Gasteiger partial charge in [0.25, 0.3) is 0 Å². The zero-order valence-electron chi connectivity index (χ0n) is 9.85. The smallest absolute Gasteiger partial charge is 0.379 e. The van der Waals surface area contributed by atoms with Crippen molar-refractivity contribution in [3.05, 3.63) is 34.9 Å². The summed E-state index contributed by atoms with van der Waals surface area (Å²) in [6, 6.07) is 5.10. The molecule has 92 valence electrons. The van der Waals surface area contributed by atoms with Crippen LogP contribution in [0.25, 0.3) is 21.9 Å². The lowest BCUT2D eigenvalue weighted by Gasteiger charge is -2.05. The lowest BCUT2D eigenvalue weighted by atomic mass is 10.1. The normalized spacial score (nSPS) is 11.0. The fourth-order valence-corrected chi connectivity index (χ4v) is 1.96. The van der Waals surface area contributed by atoms with Crippen molar-refractivity contribution >= 4 is 21.9 Å². The van der Waals surface area contributed by atoms with Crippen molar-refractivity contribution in [1.82, 2.24) is 0 Å². The van der Waals surface area contributed by atoms with Gasteiger partial charge in [-0.15, -0.1) is 0 Å². The predicted octanol–water partition coefficient (Wildman–Crippen LogP) is 2.56. The number of rotatable bonds is 2. The van der Waals surface area contributed by atoms with E-state index in [1.807, 2.05) is 0 Å². The molecule has 0 radical (unpaired) electrons. The molecule has 0 saturated heterocycles. The molecular weight excluding hydrogens is 236 g/mol. The van der Waals surface area contributed by atoms with Crippen LogP contribution >= 0.6 is 0 Å². The Labute approximate surface area is 102 Å². The number of hydrogen-bond donors (Lipinski definition) is 0. The third-order valence-corrected chi connectivity index (χ3v) is 2.80. The van der Waals surface area contributed by atoms with Crippen molar-refractivity contribution in [2.24, 2.45) is 0 Å². The van der Waals surface area contributed by atoms with Gasteiger partial charge in [-0.2, -0.15) is 0 Å². The van der Waals surface area contributed by atoms with Gasteiger partial charge in [-0.05, 0) is 18.2 Å². The SMILES string of the molecule is COc1cc2cc(OC)c3occc3c2oc1=O. The molecule has 5 nitrogen and oxygen atoms in total. The average molecular weight is 246 g/mol. The minimum absolute atomic E-state index is 0.160. The fraction of sp³-hybridized carbons (Fsp3) is 0.154. The molecule has 0 bridgehead atoms. The van der Waals surface area contributed by atoms with Crippen molar-refractivity contribution in [3.8, 4) is 11.5 Å². The maximum atomic E-state index is 11.6. The quantitative estimate of drug-likeness (QED) is 0.650. The Hall–Kier alpha value is -2.43. The van der Waals surface area contributed by atoms with Gasteiger partial charge in [0.15, 0.2) is 11.3 Å². The van der Waals surface area contributed by atoms with Gasteiger partial charge < -0.3 is 18.3 Å². The number of benzene rings is 1. The van der Waals surface area contributed by atoms with Crippen LogP contribution in [0.2, 0.25) is 0 Å². The molecule has 3 rings (SSSR count). The van der Waals surface area contributed by atoms with E-state index < -0.39 is 5.63 Å². The highest BCUT2D eigenvalue weighted by Crippen LogP contribution is 2.34. The third-order valence-electron chi connectivity index (χ3n) is 2.80. The highest BCUT2D eigenvalue weighted by atomic mass is 16.5. The Morgan fingerprint density at radius 3 is 2.50 bits per heavy atom. The third kappa shape index (κ3) is 1.37. The van der Waals surface area contributed by atoms with E-state index in [2.05, 4.69) is 0 Å². The number of ether oxygens (including phenoxy) is 2. The first-order chi connectivity index (χ1) is 8.74. The minimum atomic E-state index is -0.516. The van der Waals surface area contributed by atoms with E-state index in [-0.39, 0.29) is 5.75 Å². The summed E-state index contributed by atoms with van der Waals surface area (Å²) in [4.78, 5) is 11.6. The van der Waals surface area contributed by atoms with Gasteiger partial charge in [0.1, 0.15) is 5.58 Å².